The number of nitriles is 1. The lowest BCUT2D eigenvalue weighted by Gasteiger charge is -2.25. The molecule has 1 N–H and O–H groups in total. The number of hydrogen-bond acceptors (Lipinski definition) is 4. The molecule has 0 radical (unpaired) electrons. The Morgan fingerprint density at radius 3 is 2.42 bits per heavy atom. The quantitative estimate of drug-likeness (QED) is 0.744. The molecular weight excluding hydrogens is 375 g/mol. The lowest BCUT2D eigenvalue weighted by Crippen LogP contribution is -2.30. The SMILES string of the molecule is [2H]C([2H])([2H])C(C#N)(c1ccccc1)c1c(Cl)cc(-n2ncc(=O)[nH]c2=O)cc1Cl. The monoisotopic (exact) mass is 389 g/mol. The fourth-order valence-electron chi connectivity index (χ4n) is 2.53. The Bertz CT molecular complexity index is 1210. The van der Waals surface area contributed by atoms with E-state index in [9.17, 15) is 14.9 Å². The first-order valence-corrected chi connectivity index (χ1v) is 8.03. The molecule has 1 unspecified atom stereocenters. The molecule has 0 saturated carbocycles. The summed E-state index contributed by atoms with van der Waals surface area (Å²) in [7, 11) is 0. The molecule has 0 amide bonds. The fraction of sp³-hybridized carbons (Fsp3) is 0.111. The van der Waals surface area contributed by atoms with Crippen LogP contribution in [0, 0.1) is 11.3 Å². The molecule has 8 heteroatoms. The Morgan fingerprint density at radius 2 is 1.88 bits per heavy atom. The molecule has 0 bridgehead atoms. The molecule has 0 aliphatic heterocycles. The Labute approximate surface area is 162 Å². The summed E-state index contributed by atoms with van der Waals surface area (Å²) in [5, 5.41) is 13.4. The van der Waals surface area contributed by atoms with E-state index in [0.29, 0.717) is 0 Å². The van der Waals surface area contributed by atoms with Crippen molar-refractivity contribution < 1.29 is 4.11 Å². The number of nitrogens with zero attached hydrogens (tertiary/aromatic N) is 3. The highest BCUT2D eigenvalue weighted by atomic mass is 35.5. The van der Waals surface area contributed by atoms with Gasteiger partial charge in [-0.15, -0.1) is 0 Å². The van der Waals surface area contributed by atoms with Crippen LogP contribution in [0.15, 0.2) is 58.3 Å². The van der Waals surface area contributed by atoms with Gasteiger partial charge in [0, 0.05) is 19.7 Å². The van der Waals surface area contributed by atoms with E-state index >= 15 is 0 Å². The molecule has 3 rings (SSSR count). The summed E-state index contributed by atoms with van der Waals surface area (Å²) in [6.45, 7) is -2.81. The second kappa shape index (κ2) is 6.79. The number of rotatable bonds is 3. The van der Waals surface area contributed by atoms with E-state index in [0.717, 1.165) is 10.9 Å². The molecule has 0 aliphatic carbocycles. The van der Waals surface area contributed by atoms with Crippen LogP contribution in [-0.4, -0.2) is 14.8 Å². The van der Waals surface area contributed by atoms with Gasteiger partial charge in [-0.2, -0.15) is 15.0 Å². The number of hydrogen-bond donors (Lipinski definition) is 1. The Kier molecular flexibility index (Phi) is 3.74. The van der Waals surface area contributed by atoms with Crippen LogP contribution < -0.4 is 11.2 Å². The molecule has 3 aromatic rings. The van der Waals surface area contributed by atoms with Crippen LogP contribution in [0.4, 0.5) is 0 Å². The van der Waals surface area contributed by atoms with E-state index in [4.69, 9.17) is 27.3 Å². The van der Waals surface area contributed by atoms with Gasteiger partial charge in [0.2, 0.25) is 0 Å². The number of aromatic amines is 1. The maximum Gasteiger partial charge on any atom is 0.349 e. The van der Waals surface area contributed by atoms with Gasteiger partial charge in [-0.25, -0.2) is 4.79 Å². The minimum atomic E-state index is -2.81. The van der Waals surface area contributed by atoms with Crippen molar-refractivity contribution in [2.45, 2.75) is 12.3 Å². The zero-order valence-electron chi connectivity index (χ0n) is 16.0. The van der Waals surface area contributed by atoms with Gasteiger partial charge in [-0.05, 0) is 24.5 Å². The van der Waals surface area contributed by atoms with Crippen molar-refractivity contribution in [1.29, 1.82) is 5.26 Å². The third-order valence-corrected chi connectivity index (χ3v) is 4.33. The molecule has 0 fully saturated rings. The highest BCUT2D eigenvalue weighted by Crippen LogP contribution is 2.41. The minimum Gasteiger partial charge on any atom is -0.271 e. The molecule has 6 nitrogen and oxygen atoms in total. The van der Waals surface area contributed by atoms with Crippen molar-refractivity contribution in [3.63, 3.8) is 0 Å². The first-order chi connectivity index (χ1) is 13.6. The van der Waals surface area contributed by atoms with E-state index in [-0.39, 0.29) is 26.9 Å². The normalized spacial score (nSPS) is 15.2. The summed E-state index contributed by atoms with van der Waals surface area (Å²) in [5.74, 6) is 0. The summed E-state index contributed by atoms with van der Waals surface area (Å²) >= 11 is 12.8. The van der Waals surface area contributed by atoms with Crippen LogP contribution in [0.3, 0.4) is 0 Å². The first kappa shape index (κ1) is 14.3. The molecule has 130 valence electrons. The molecule has 1 heterocycles. The maximum absolute atomic E-state index is 12.0. The number of halogens is 2. The Morgan fingerprint density at radius 1 is 1.23 bits per heavy atom. The summed E-state index contributed by atoms with van der Waals surface area (Å²) in [4.78, 5) is 25.3. The van der Waals surface area contributed by atoms with Gasteiger partial charge in [0.25, 0.3) is 5.56 Å². The number of aromatic nitrogens is 3. The van der Waals surface area contributed by atoms with E-state index in [1.807, 2.05) is 11.1 Å². The van der Waals surface area contributed by atoms with Gasteiger partial charge in [0.1, 0.15) is 11.6 Å². The van der Waals surface area contributed by atoms with Gasteiger partial charge in [-0.1, -0.05) is 53.5 Å². The number of H-pyrrole nitrogens is 1. The van der Waals surface area contributed by atoms with Crippen molar-refractivity contribution in [2.24, 2.45) is 0 Å². The van der Waals surface area contributed by atoms with Gasteiger partial charge in [0.15, 0.2) is 0 Å². The van der Waals surface area contributed by atoms with Crippen LogP contribution >= 0.6 is 23.2 Å². The van der Waals surface area contributed by atoms with Crippen LogP contribution in [0.1, 0.15) is 22.1 Å². The lowest BCUT2D eigenvalue weighted by atomic mass is 9.77. The van der Waals surface area contributed by atoms with Crippen LogP contribution in [0.2, 0.25) is 10.0 Å². The zero-order valence-corrected chi connectivity index (χ0v) is 14.5. The molecular formula is C18H12Cl2N4O2. The van der Waals surface area contributed by atoms with E-state index in [1.165, 1.54) is 24.3 Å². The first-order valence-electron chi connectivity index (χ1n) is 8.77. The second-order valence-corrected chi connectivity index (χ2v) is 6.18. The lowest BCUT2D eigenvalue weighted by molar-refractivity contribution is 0.731. The zero-order chi connectivity index (χ0) is 21.4. The van der Waals surface area contributed by atoms with Gasteiger partial charge in [-0.3, -0.25) is 9.78 Å². The summed E-state index contributed by atoms with van der Waals surface area (Å²) in [6.07, 6.45) is 0.892. The molecule has 0 spiro atoms. The minimum absolute atomic E-state index is 0.0930. The molecule has 0 saturated heterocycles. The summed E-state index contributed by atoms with van der Waals surface area (Å²) in [5.41, 5.74) is -3.49. The number of benzene rings is 2. The third kappa shape index (κ3) is 3.03. The van der Waals surface area contributed by atoms with E-state index in [1.54, 1.807) is 18.2 Å². The molecule has 26 heavy (non-hydrogen) atoms. The van der Waals surface area contributed by atoms with Crippen LogP contribution in [0.25, 0.3) is 5.69 Å². The van der Waals surface area contributed by atoms with Crippen molar-refractivity contribution in [1.82, 2.24) is 14.8 Å². The van der Waals surface area contributed by atoms with Crippen molar-refractivity contribution in [3.8, 4) is 11.8 Å². The molecule has 2 aromatic carbocycles. The average Bonchev–Trinajstić information content (AvgIpc) is 2.64. The summed E-state index contributed by atoms with van der Waals surface area (Å²) in [6, 6.07) is 12.3. The smallest absolute Gasteiger partial charge is 0.271 e. The van der Waals surface area contributed by atoms with Crippen LogP contribution in [0.5, 0.6) is 0 Å². The highest BCUT2D eigenvalue weighted by Gasteiger charge is 2.33. The van der Waals surface area contributed by atoms with Crippen molar-refractivity contribution in [2.75, 3.05) is 0 Å². The van der Waals surface area contributed by atoms with Gasteiger partial charge < -0.3 is 0 Å². The summed E-state index contributed by atoms with van der Waals surface area (Å²) < 4.78 is 25.0. The predicted molar refractivity (Wildman–Crippen MR) is 99.0 cm³/mol. The average molecular weight is 390 g/mol. The highest BCUT2D eigenvalue weighted by molar-refractivity contribution is 6.36. The Hall–Kier alpha value is -2.88. The van der Waals surface area contributed by atoms with Crippen LogP contribution in [-0.2, 0) is 5.41 Å². The van der Waals surface area contributed by atoms with Crippen molar-refractivity contribution in [3.05, 3.63) is 90.7 Å². The third-order valence-electron chi connectivity index (χ3n) is 3.73. The molecule has 0 aliphatic rings. The van der Waals surface area contributed by atoms with E-state index in [2.05, 4.69) is 5.10 Å². The van der Waals surface area contributed by atoms with Crippen molar-refractivity contribution >= 4 is 23.2 Å². The largest absolute Gasteiger partial charge is 0.349 e. The topological polar surface area (TPSA) is 91.5 Å². The molecule has 1 atom stereocenters. The van der Waals surface area contributed by atoms with E-state index < -0.39 is 23.5 Å². The Balaban J connectivity index is 2.33. The maximum atomic E-state index is 12.0. The molecule has 1 aromatic heterocycles. The fourth-order valence-corrected chi connectivity index (χ4v) is 3.29. The second-order valence-electron chi connectivity index (χ2n) is 5.36. The predicted octanol–water partition coefficient (Wildman–Crippen LogP) is 3.06. The number of nitrogens with one attached hydrogen (secondary N) is 1. The standard InChI is InChI=1S/C18H12Cl2N4O2/c1-18(10-21,11-5-3-2-4-6-11)16-13(19)7-12(8-14(16)20)24-17(26)23-15(25)9-22-24/h2-9H,1H3,(H,23,25,26)/i1D3. The van der Waals surface area contributed by atoms with Gasteiger partial charge >= 0.3 is 5.69 Å². The van der Waals surface area contributed by atoms with Gasteiger partial charge in [0.05, 0.1) is 11.8 Å².